The summed E-state index contributed by atoms with van der Waals surface area (Å²) in [6, 6.07) is 14.7. The Morgan fingerprint density at radius 2 is 1.60 bits per heavy atom. The first-order chi connectivity index (χ1) is 29.7. The maximum atomic E-state index is 13.7. The Morgan fingerprint density at radius 3 is 2.27 bits per heavy atom. The van der Waals surface area contributed by atoms with E-state index >= 15 is 0 Å². The predicted octanol–water partition coefficient (Wildman–Crippen LogP) is 6.47. The Morgan fingerprint density at radius 1 is 0.887 bits per heavy atom. The van der Waals surface area contributed by atoms with E-state index in [1.165, 1.54) is 34.1 Å². The molecule has 2 aromatic carbocycles. The van der Waals surface area contributed by atoms with Crippen LogP contribution >= 0.6 is 24.0 Å². The SMILES string of the molecule is Cc1ccnc(-n2c(S)nc3sc(C)c(CCCNC(=O)c4ccc(C(=O)NCCCCc5ccc(OCc6ccc(F)c(C(F)(F)F)c6)c(CNCCO)c5)nn4)c3c2=O)c1. The zero-order valence-electron chi connectivity index (χ0n) is 33.8. The first-order valence-corrected chi connectivity index (χ1v) is 21.0. The highest BCUT2D eigenvalue weighted by atomic mass is 32.1. The van der Waals surface area contributed by atoms with Crippen LogP contribution in [0.5, 0.6) is 5.75 Å². The number of nitrogens with one attached hydrogen (secondary N) is 3. The maximum Gasteiger partial charge on any atom is 0.419 e. The van der Waals surface area contributed by atoms with E-state index in [2.05, 4.69) is 48.7 Å². The van der Waals surface area contributed by atoms with Crippen molar-refractivity contribution in [3.63, 3.8) is 0 Å². The number of aliphatic hydroxyl groups excluding tert-OH is 1. The summed E-state index contributed by atoms with van der Waals surface area (Å²) in [7, 11) is 0. The fourth-order valence-corrected chi connectivity index (χ4v) is 8.07. The molecule has 62 heavy (non-hydrogen) atoms. The van der Waals surface area contributed by atoms with Gasteiger partial charge >= 0.3 is 6.18 Å². The predicted molar refractivity (Wildman–Crippen MR) is 229 cm³/mol. The highest BCUT2D eigenvalue weighted by Gasteiger charge is 2.34. The van der Waals surface area contributed by atoms with Crippen molar-refractivity contribution in [1.29, 1.82) is 0 Å². The van der Waals surface area contributed by atoms with Crippen molar-refractivity contribution in [2.45, 2.75) is 70.4 Å². The number of unbranched alkanes of at least 4 members (excludes halogenated alkanes) is 1. The lowest BCUT2D eigenvalue weighted by Crippen LogP contribution is -2.28. The number of aromatic nitrogens is 5. The average molecular weight is 893 g/mol. The van der Waals surface area contributed by atoms with E-state index in [-0.39, 0.29) is 40.9 Å². The van der Waals surface area contributed by atoms with Crippen molar-refractivity contribution < 1.29 is 37.0 Å². The van der Waals surface area contributed by atoms with Crippen LogP contribution in [0.3, 0.4) is 0 Å². The summed E-state index contributed by atoms with van der Waals surface area (Å²) in [5, 5.41) is 26.5. The molecule has 0 spiro atoms. The van der Waals surface area contributed by atoms with Gasteiger partial charge in [0.25, 0.3) is 17.4 Å². The van der Waals surface area contributed by atoms with Crippen molar-refractivity contribution in [2.75, 3.05) is 26.2 Å². The topological polar surface area (TPSA) is 173 Å². The number of ether oxygens (including phenoxy) is 1. The Kier molecular flexibility index (Phi) is 15.4. The summed E-state index contributed by atoms with van der Waals surface area (Å²) in [6.45, 7) is 4.86. The molecule has 0 atom stereocenters. The van der Waals surface area contributed by atoms with Gasteiger partial charge in [-0.1, -0.05) is 18.2 Å². The fourth-order valence-electron chi connectivity index (χ4n) is 6.64. The molecule has 326 valence electrons. The number of benzene rings is 2. The molecule has 0 aliphatic carbocycles. The Balaban J connectivity index is 0.948. The van der Waals surface area contributed by atoms with Gasteiger partial charge < -0.3 is 25.8 Å². The summed E-state index contributed by atoms with van der Waals surface area (Å²) in [4.78, 5) is 49.7. The third kappa shape index (κ3) is 11.6. The molecular formula is C43H44F4N8O5S2. The lowest BCUT2D eigenvalue weighted by Gasteiger charge is -2.15. The second-order valence-electron chi connectivity index (χ2n) is 14.4. The van der Waals surface area contributed by atoms with Crippen molar-refractivity contribution in [2.24, 2.45) is 0 Å². The summed E-state index contributed by atoms with van der Waals surface area (Å²) in [6.07, 6.45) is -0.143. The van der Waals surface area contributed by atoms with Crippen molar-refractivity contribution >= 4 is 46.0 Å². The van der Waals surface area contributed by atoms with Crippen LogP contribution in [0.25, 0.3) is 16.0 Å². The lowest BCUT2D eigenvalue weighted by atomic mass is 10.0. The first-order valence-electron chi connectivity index (χ1n) is 19.7. The quantitative estimate of drug-likeness (QED) is 0.0263. The van der Waals surface area contributed by atoms with E-state index in [9.17, 15) is 37.1 Å². The van der Waals surface area contributed by atoms with Gasteiger partial charge in [0.05, 0.1) is 17.6 Å². The molecule has 0 unspecified atom stereocenters. The number of pyridine rings is 1. The molecule has 13 nitrogen and oxygen atoms in total. The van der Waals surface area contributed by atoms with Gasteiger partial charge in [0, 0.05) is 42.8 Å². The molecule has 4 N–H and O–H groups in total. The van der Waals surface area contributed by atoms with Crippen LogP contribution in [-0.4, -0.2) is 67.9 Å². The van der Waals surface area contributed by atoms with Crippen LogP contribution in [0.1, 0.15) is 78.5 Å². The molecule has 0 radical (unpaired) electrons. The van der Waals surface area contributed by atoms with Crippen LogP contribution in [0.4, 0.5) is 17.6 Å². The molecule has 6 aromatic rings. The van der Waals surface area contributed by atoms with E-state index in [0.29, 0.717) is 80.1 Å². The summed E-state index contributed by atoms with van der Waals surface area (Å²) >= 11 is 5.88. The minimum atomic E-state index is -4.83. The molecule has 19 heteroatoms. The number of carbonyl (C=O) groups is 2. The molecule has 0 fully saturated rings. The summed E-state index contributed by atoms with van der Waals surface area (Å²) in [5.41, 5.74) is 2.14. The normalized spacial score (nSPS) is 11.5. The number of thiophene rings is 1. The van der Waals surface area contributed by atoms with Gasteiger partial charge in [0.1, 0.15) is 28.8 Å². The monoisotopic (exact) mass is 892 g/mol. The number of aryl methyl sites for hydroxylation is 4. The van der Waals surface area contributed by atoms with Gasteiger partial charge in [-0.2, -0.15) is 13.2 Å². The number of hydrogen-bond acceptors (Lipinski definition) is 12. The second-order valence-corrected chi connectivity index (χ2v) is 16.0. The molecule has 4 heterocycles. The van der Waals surface area contributed by atoms with Crippen LogP contribution in [0.2, 0.25) is 0 Å². The number of carbonyl (C=O) groups excluding carboxylic acids is 2. The van der Waals surface area contributed by atoms with Crippen LogP contribution in [0, 0.1) is 19.7 Å². The molecule has 0 bridgehead atoms. The Hall–Kier alpha value is -5.76. The van der Waals surface area contributed by atoms with E-state index < -0.39 is 29.4 Å². The summed E-state index contributed by atoms with van der Waals surface area (Å²) in [5.74, 6) is -1.38. The minimum absolute atomic E-state index is 0.0474. The van der Waals surface area contributed by atoms with Gasteiger partial charge in [-0.15, -0.1) is 34.2 Å². The fraction of sp³-hybridized carbons (Fsp3) is 0.326. The Labute approximate surface area is 363 Å². The maximum absolute atomic E-state index is 13.7. The number of alkyl halides is 3. The number of fused-ring (bicyclic) bond motifs is 1. The second kappa shape index (κ2) is 20.9. The number of nitrogens with zero attached hydrogens (tertiary/aromatic N) is 5. The number of aliphatic hydroxyl groups is 1. The minimum Gasteiger partial charge on any atom is -0.489 e. The van der Waals surface area contributed by atoms with Gasteiger partial charge in [-0.3, -0.25) is 14.4 Å². The molecule has 0 saturated heterocycles. The van der Waals surface area contributed by atoms with Crippen molar-refractivity contribution in [3.05, 3.63) is 133 Å². The van der Waals surface area contributed by atoms with Crippen LogP contribution in [-0.2, 0) is 32.2 Å². The van der Waals surface area contributed by atoms with E-state index in [1.807, 2.05) is 32.0 Å². The molecule has 6 rings (SSSR count). The van der Waals surface area contributed by atoms with Gasteiger partial charge in [-0.25, -0.2) is 18.9 Å². The van der Waals surface area contributed by atoms with Gasteiger partial charge in [-0.05, 0) is 111 Å². The van der Waals surface area contributed by atoms with Gasteiger partial charge in [0.15, 0.2) is 16.5 Å². The standard InChI is InChI=1S/C43H44F4N8O5S2/c1-25-14-17-49-36(20-25)55-41(59)37-30(26(2)62-40(37)52-42(55)61)7-5-16-51-39(58)34-12-11-33(53-54-34)38(57)50-15-4-3-6-27-9-13-35(29(21-27)23-48-18-19-56)60-24-28-8-10-32(44)31(22-28)43(45,46)47/h8-14,17,20-22,48,56H,3-7,15-16,18-19,23-24H2,1-2H3,(H,50,57)(H,51,58)(H,52,61). The van der Waals surface area contributed by atoms with E-state index in [0.717, 1.165) is 39.3 Å². The molecular weight excluding hydrogens is 849 g/mol. The highest BCUT2D eigenvalue weighted by molar-refractivity contribution is 7.80. The third-order valence-corrected chi connectivity index (χ3v) is 11.1. The molecule has 0 aliphatic heterocycles. The molecule has 2 amide bonds. The summed E-state index contributed by atoms with van der Waals surface area (Å²) < 4.78 is 60.5. The van der Waals surface area contributed by atoms with Gasteiger partial charge in [0.2, 0.25) is 0 Å². The smallest absolute Gasteiger partial charge is 0.419 e. The lowest BCUT2D eigenvalue weighted by molar-refractivity contribution is -0.140. The van der Waals surface area contributed by atoms with Crippen molar-refractivity contribution in [1.82, 2.24) is 40.7 Å². The van der Waals surface area contributed by atoms with Crippen LogP contribution < -0.4 is 26.2 Å². The van der Waals surface area contributed by atoms with Crippen molar-refractivity contribution in [3.8, 4) is 11.6 Å². The number of rotatable bonds is 19. The zero-order valence-corrected chi connectivity index (χ0v) is 35.5. The Bertz CT molecular complexity index is 2600. The largest absolute Gasteiger partial charge is 0.489 e. The number of hydrogen-bond donors (Lipinski definition) is 5. The zero-order chi connectivity index (χ0) is 44.4. The average Bonchev–Trinajstić information content (AvgIpc) is 3.56. The number of thiol groups is 1. The number of amides is 2. The molecule has 0 saturated carbocycles. The molecule has 0 aliphatic rings. The van der Waals surface area contributed by atoms with E-state index in [1.54, 1.807) is 18.3 Å². The first kappa shape index (κ1) is 45.8. The third-order valence-electron chi connectivity index (χ3n) is 9.80. The molecule has 4 aromatic heterocycles. The number of halogens is 4. The van der Waals surface area contributed by atoms with E-state index in [4.69, 9.17) is 4.74 Å². The highest BCUT2D eigenvalue weighted by Crippen LogP contribution is 2.33. The van der Waals surface area contributed by atoms with Crippen LogP contribution in [0.15, 0.2) is 76.8 Å².